The number of hydrogen-bond acceptors (Lipinski definition) is 3. The maximum atomic E-state index is 11.3. The van der Waals surface area contributed by atoms with Gasteiger partial charge in [-0.05, 0) is 5.56 Å². The second-order valence-corrected chi connectivity index (χ2v) is 2.97. The van der Waals surface area contributed by atoms with Crippen LogP contribution in [0, 0.1) is 11.3 Å². The van der Waals surface area contributed by atoms with E-state index in [4.69, 9.17) is 10.4 Å². The lowest BCUT2D eigenvalue weighted by Gasteiger charge is -1.97. The summed E-state index contributed by atoms with van der Waals surface area (Å²) < 4.78 is 0. The molecule has 0 aliphatic rings. The molecule has 0 amide bonds. The predicted molar refractivity (Wildman–Crippen MR) is 57.1 cm³/mol. The first-order valence-corrected chi connectivity index (χ1v) is 4.55. The van der Waals surface area contributed by atoms with E-state index >= 15 is 0 Å². The molecule has 0 saturated carbocycles. The second kappa shape index (κ2) is 5.74. The van der Waals surface area contributed by atoms with Crippen molar-refractivity contribution >= 4 is 11.9 Å². The van der Waals surface area contributed by atoms with E-state index in [1.807, 2.05) is 6.07 Å². The summed E-state index contributed by atoms with van der Waals surface area (Å²) in [6.45, 7) is -0.00485. The third-order valence-corrected chi connectivity index (χ3v) is 1.89. The van der Waals surface area contributed by atoms with Gasteiger partial charge in [-0.15, -0.1) is 0 Å². The van der Waals surface area contributed by atoms with E-state index in [1.165, 1.54) is 0 Å². The van der Waals surface area contributed by atoms with Gasteiger partial charge in [-0.3, -0.25) is 4.79 Å². The van der Waals surface area contributed by atoms with Crippen molar-refractivity contribution in [3.63, 3.8) is 0 Å². The number of rotatable bonds is 4. The molecule has 15 heavy (non-hydrogen) atoms. The van der Waals surface area contributed by atoms with Crippen molar-refractivity contribution in [2.24, 2.45) is 0 Å². The van der Waals surface area contributed by atoms with Gasteiger partial charge >= 0.3 is 0 Å². The SMILES string of the molecule is N#CCC(=O)c1ccc(C=CCO)cc1. The summed E-state index contributed by atoms with van der Waals surface area (Å²) >= 11 is 0. The molecule has 0 radical (unpaired) electrons. The van der Waals surface area contributed by atoms with Crippen molar-refractivity contribution < 1.29 is 9.90 Å². The molecule has 0 saturated heterocycles. The van der Waals surface area contributed by atoms with E-state index in [0.29, 0.717) is 5.56 Å². The maximum Gasteiger partial charge on any atom is 0.176 e. The van der Waals surface area contributed by atoms with Crippen LogP contribution in [0.1, 0.15) is 22.3 Å². The number of hydrogen-bond donors (Lipinski definition) is 1. The number of carbonyl (C=O) groups excluding carboxylic acids is 1. The Hall–Kier alpha value is -1.92. The molecule has 0 unspecified atom stereocenters. The number of ketones is 1. The van der Waals surface area contributed by atoms with Gasteiger partial charge in [-0.2, -0.15) is 5.26 Å². The molecule has 1 rings (SSSR count). The minimum absolute atomic E-state index is 0.00485. The Morgan fingerprint density at radius 1 is 1.40 bits per heavy atom. The molecular formula is C12H11NO2. The summed E-state index contributed by atoms with van der Waals surface area (Å²) in [5.74, 6) is -0.171. The van der Waals surface area contributed by atoms with E-state index in [9.17, 15) is 4.79 Å². The zero-order chi connectivity index (χ0) is 11.1. The largest absolute Gasteiger partial charge is 0.392 e. The first kappa shape index (κ1) is 11.2. The van der Waals surface area contributed by atoms with Gasteiger partial charge in [0.05, 0.1) is 19.1 Å². The van der Waals surface area contributed by atoms with Crippen LogP contribution in [-0.4, -0.2) is 17.5 Å². The van der Waals surface area contributed by atoms with Gasteiger partial charge in [-0.1, -0.05) is 36.4 Å². The predicted octanol–water partition coefficient (Wildman–Crippen LogP) is 1.79. The first-order valence-electron chi connectivity index (χ1n) is 4.55. The first-order chi connectivity index (χ1) is 7.27. The summed E-state index contributed by atoms with van der Waals surface area (Å²) in [6.07, 6.45) is 3.29. The van der Waals surface area contributed by atoms with Crippen molar-refractivity contribution in [1.29, 1.82) is 5.26 Å². The van der Waals surface area contributed by atoms with Crippen molar-refractivity contribution in [2.45, 2.75) is 6.42 Å². The van der Waals surface area contributed by atoms with Crippen LogP contribution in [0.2, 0.25) is 0 Å². The molecule has 3 nitrogen and oxygen atoms in total. The number of aliphatic hydroxyl groups excluding tert-OH is 1. The van der Waals surface area contributed by atoms with Crippen LogP contribution in [0.3, 0.4) is 0 Å². The quantitative estimate of drug-likeness (QED) is 0.755. The summed E-state index contributed by atoms with van der Waals surface area (Å²) in [5, 5.41) is 16.9. The minimum atomic E-state index is -0.171. The van der Waals surface area contributed by atoms with E-state index in [2.05, 4.69) is 0 Å². The number of nitriles is 1. The van der Waals surface area contributed by atoms with E-state index in [1.54, 1.807) is 36.4 Å². The highest BCUT2D eigenvalue weighted by Crippen LogP contribution is 2.08. The average Bonchev–Trinajstić information content (AvgIpc) is 2.27. The maximum absolute atomic E-state index is 11.3. The lowest BCUT2D eigenvalue weighted by molar-refractivity contribution is 0.0997. The standard InChI is InChI=1S/C12H11NO2/c13-8-7-12(15)11-5-3-10(4-6-11)2-1-9-14/h1-6,14H,7,9H2. The van der Waals surface area contributed by atoms with Crippen LogP contribution in [0.25, 0.3) is 6.08 Å². The van der Waals surface area contributed by atoms with E-state index in [0.717, 1.165) is 5.56 Å². The molecule has 1 aromatic rings. The number of carbonyl (C=O) groups is 1. The Balaban J connectivity index is 2.77. The zero-order valence-corrected chi connectivity index (χ0v) is 8.18. The molecule has 0 atom stereocenters. The molecule has 0 aliphatic heterocycles. The third kappa shape index (κ3) is 3.37. The number of aliphatic hydroxyl groups is 1. The topological polar surface area (TPSA) is 61.1 Å². The van der Waals surface area contributed by atoms with Gasteiger partial charge in [0.1, 0.15) is 0 Å². The van der Waals surface area contributed by atoms with Crippen molar-refractivity contribution in [1.82, 2.24) is 0 Å². The van der Waals surface area contributed by atoms with Gasteiger partial charge in [-0.25, -0.2) is 0 Å². The van der Waals surface area contributed by atoms with Crippen LogP contribution < -0.4 is 0 Å². The second-order valence-electron chi connectivity index (χ2n) is 2.97. The lowest BCUT2D eigenvalue weighted by Crippen LogP contribution is -1.96. The van der Waals surface area contributed by atoms with Gasteiger partial charge < -0.3 is 5.11 Å². The normalized spacial score (nSPS) is 10.1. The van der Waals surface area contributed by atoms with Gasteiger partial charge in [0.2, 0.25) is 0 Å². The smallest absolute Gasteiger partial charge is 0.176 e. The molecular weight excluding hydrogens is 190 g/mol. The molecule has 0 bridgehead atoms. The summed E-state index contributed by atoms with van der Waals surface area (Å²) in [5.41, 5.74) is 1.45. The van der Waals surface area contributed by atoms with Crippen LogP contribution in [-0.2, 0) is 0 Å². The molecule has 0 spiro atoms. The summed E-state index contributed by atoms with van der Waals surface area (Å²) in [7, 11) is 0. The molecule has 1 aromatic carbocycles. The van der Waals surface area contributed by atoms with E-state index < -0.39 is 0 Å². The Kier molecular flexibility index (Phi) is 4.27. The van der Waals surface area contributed by atoms with Gasteiger partial charge in [0.15, 0.2) is 5.78 Å². The molecule has 3 heteroatoms. The monoisotopic (exact) mass is 201 g/mol. The lowest BCUT2D eigenvalue weighted by atomic mass is 10.1. The van der Waals surface area contributed by atoms with Crippen molar-refractivity contribution in [2.75, 3.05) is 6.61 Å². The molecule has 76 valence electrons. The molecule has 0 aliphatic carbocycles. The highest BCUT2D eigenvalue weighted by molar-refractivity contribution is 5.97. The van der Waals surface area contributed by atoms with Crippen LogP contribution in [0.4, 0.5) is 0 Å². The van der Waals surface area contributed by atoms with Gasteiger partial charge in [0.25, 0.3) is 0 Å². The highest BCUT2D eigenvalue weighted by atomic mass is 16.2. The van der Waals surface area contributed by atoms with Crippen molar-refractivity contribution in [3.8, 4) is 6.07 Å². The third-order valence-electron chi connectivity index (χ3n) is 1.89. The molecule has 1 N–H and O–H groups in total. The Morgan fingerprint density at radius 3 is 2.60 bits per heavy atom. The molecule has 0 fully saturated rings. The highest BCUT2D eigenvalue weighted by Gasteiger charge is 2.03. The number of Topliss-reactive ketones (excluding diaryl/α,β-unsaturated/α-hetero) is 1. The average molecular weight is 201 g/mol. The fourth-order valence-electron chi connectivity index (χ4n) is 1.14. The fourth-order valence-corrected chi connectivity index (χ4v) is 1.14. The number of nitrogens with zero attached hydrogens (tertiary/aromatic N) is 1. The Bertz CT molecular complexity index is 399. The Labute approximate surface area is 88.3 Å². The van der Waals surface area contributed by atoms with Crippen LogP contribution in [0.5, 0.6) is 0 Å². The van der Waals surface area contributed by atoms with Crippen molar-refractivity contribution in [3.05, 3.63) is 41.5 Å². The molecule has 0 heterocycles. The van der Waals surface area contributed by atoms with E-state index in [-0.39, 0.29) is 18.8 Å². The van der Waals surface area contributed by atoms with Crippen LogP contribution in [0.15, 0.2) is 30.3 Å². The summed E-state index contributed by atoms with van der Waals surface area (Å²) in [4.78, 5) is 11.3. The van der Waals surface area contributed by atoms with Gasteiger partial charge in [0, 0.05) is 5.56 Å². The summed E-state index contributed by atoms with van der Waals surface area (Å²) in [6, 6.07) is 8.72. The molecule has 0 aromatic heterocycles. The minimum Gasteiger partial charge on any atom is -0.392 e. The Morgan fingerprint density at radius 2 is 2.07 bits per heavy atom. The fraction of sp³-hybridized carbons (Fsp3) is 0.167. The number of benzene rings is 1. The van der Waals surface area contributed by atoms with Crippen LogP contribution >= 0.6 is 0 Å². The zero-order valence-electron chi connectivity index (χ0n) is 8.18.